The van der Waals surface area contributed by atoms with Crippen molar-refractivity contribution in [3.8, 4) is 0 Å². The molecule has 152 valence electrons. The van der Waals surface area contributed by atoms with Crippen molar-refractivity contribution < 1.29 is 18.0 Å². The number of aromatic nitrogens is 2. The van der Waals surface area contributed by atoms with E-state index in [1.807, 2.05) is 11.0 Å². The van der Waals surface area contributed by atoms with E-state index in [0.717, 1.165) is 10.4 Å². The first-order valence-electron chi connectivity index (χ1n) is 8.34. The molecule has 11 heteroatoms. The number of carbonyl (C=O) groups excluding carboxylic acids is 1. The van der Waals surface area contributed by atoms with Crippen LogP contribution in [0.2, 0.25) is 15.1 Å². The molecule has 0 aliphatic carbocycles. The first-order chi connectivity index (χ1) is 13.1. The van der Waals surface area contributed by atoms with Crippen LogP contribution in [0.4, 0.5) is 18.9 Å². The molecule has 1 fully saturated rings. The Bertz CT molecular complexity index is 879. The summed E-state index contributed by atoms with van der Waals surface area (Å²) in [4.78, 5) is 15.5. The van der Waals surface area contributed by atoms with Crippen molar-refractivity contribution in [2.75, 3.05) is 31.1 Å². The average molecular weight is 456 g/mol. The van der Waals surface area contributed by atoms with Gasteiger partial charge in [-0.05, 0) is 25.1 Å². The summed E-state index contributed by atoms with van der Waals surface area (Å²) in [6, 6.07) is 5.19. The van der Waals surface area contributed by atoms with Crippen molar-refractivity contribution in [3.63, 3.8) is 0 Å². The Morgan fingerprint density at radius 2 is 1.79 bits per heavy atom. The molecule has 1 atom stereocenters. The molecule has 3 rings (SSSR count). The lowest BCUT2D eigenvalue weighted by molar-refractivity contribution is -0.142. The minimum Gasteiger partial charge on any atom is -0.368 e. The smallest absolute Gasteiger partial charge is 0.368 e. The van der Waals surface area contributed by atoms with Crippen LogP contribution in [0.5, 0.6) is 0 Å². The summed E-state index contributed by atoms with van der Waals surface area (Å²) in [6.07, 6.45) is -5.09. The maximum Gasteiger partial charge on any atom is 0.436 e. The van der Waals surface area contributed by atoms with Crippen molar-refractivity contribution in [1.29, 1.82) is 0 Å². The monoisotopic (exact) mass is 454 g/mol. The average Bonchev–Trinajstić information content (AvgIpc) is 2.92. The number of hydrogen-bond acceptors (Lipinski definition) is 4. The predicted octanol–water partition coefficient (Wildman–Crippen LogP) is 4.69. The zero-order valence-electron chi connectivity index (χ0n) is 14.7. The number of alkyl halides is 3. The highest BCUT2D eigenvalue weighted by atomic mass is 35.5. The van der Waals surface area contributed by atoms with Gasteiger partial charge in [0.25, 0.3) is 0 Å². The normalized spacial score (nSPS) is 17.0. The molecule has 0 bridgehead atoms. The van der Waals surface area contributed by atoms with Gasteiger partial charge in [-0.3, -0.25) is 9.69 Å². The van der Waals surface area contributed by atoms with Crippen molar-refractivity contribution >= 4 is 46.8 Å². The van der Waals surface area contributed by atoms with Gasteiger partial charge in [0, 0.05) is 31.2 Å². The fourth-order valence-corrected chi connectivity index (χ4v) is 3.96. The lowest BCUT2D eigenvalue weighted by Gasteiger charge is -2.39. The topological polar surface area (TPSA) is 41.4 Å². The molecule has 1 aliphatic heterocycles. The highest BCUT2D eigenvalue weighted by molar-refractivity contribution is 6.36. The number of hydrogen-bond donors (Lipinski definition) is 0. The number of carbonyl (C=O) groups is 1. The first-order valence-corrected chi connectivity index (χ1v) is 9.48. The third kappa shape index (κ3) is 4.10. The van der Waals surface area contributed by atoms with Gasteiger partial charge in [0.2, 0.25) is 0 Å². The van der Waals surface area contributed by atoms with Gasteiger partial charge in [0.15, 0.2) is 18.1 Å². The molecule has 0 amide bonds. The molecule has 2 aromatic rings. The van der Waals surface area contributed by atoms with Gasteiger partial charge in [-0.2, -0.15) is 18.3 Å². The molecule has 5 nitrogen and oxygen atoms in total. The second-order valence-electron chi connectivity index (χ2n) is 6.36. The van der Waals surface area contributed by atoms with Crippen LogP contribution in [0.25, 0.3) is 0 Å². The predicted molar refractivity (Wildman–Crippen MR) is 102 cm³/mol. The van der Waals surface area contributed by atoms with Crippen LogP contribution in [-0.2, 0) is 11.0 Å². The van der Waals surface area contributed by atoms with E-state index in [-0.39, 0.29) is 5.69 Å². The largest absolute Gasteiger partial charge is 0.436 e. The molecule has 2 heterocycles. The minimum absolute atomic E-state index is 0.0919. The molecule has 1 unspecified atom stereocenters. The zero-order chi connectivity index (χ0) is 20.6. The third-order valence-electron chi connectivity index (χ3n) is 4.66. The number of halogens is 6. The van der Waals surface area contributed by atoms with E-state index in [4.69, 9.17) is 34.8 Å². The van der Waals surface area contributed by atoms with Crippen molar-refractivity contribution in [2.45, 2.75) is 19.3 Å². The Kier molecular flexibility index (Phi) is 6.14. The molecule has 1 aromatic carbocycles. The van der Waals surface area contributed by atoms with E-state index in [0.29, 0.717) is 42.5 Å². The molecule has 0 N–H and O–H groups in total. The fourth-order valence-electron chi connectivity index (χ4n) is 3.20. The van der Waals surface area contributed by atoms with Crippen LogP contribution in [0.15, 0.2) is 18.2 Å². The summed E-state index contributed by atoms with van der Waals surface area (Å²) in [5.41, 5.74) is -0.287. The van der Waals surface area contributed by atoms with E-state index in [9.17, 15) is 18.0 Å². The van der Waals surface area contributed by atoms with Crippen LogP contribution in [0, 0.1) is 6.92 Å². The summed E-state index contributed by atoms with van der Waals surface area (Å²) in [6.45, 7) is 3.34. The van der Waals surface area contributed by atoms with E-state index >= 15 is 0 Å². The summed E-state index contributed by atoms with van der Waals surface area (Å²) < 4.78 is 40.2. The molecule has 0 radical (unpaired) electrons. The molecule has 1 aromatic heterocycles. The molecule has 28 heavy (non-hydrogen) atoms. The number of anilines is 1. The Morgan fingerprint density at radius 1 is 1.14 bits per heavy atom. The number of rotatable bonds is 4. The standard InChI is InChI=1S/C17H16Cl3F3N4O/c1-10-15(20)16(17(21,22)23)24-27(10)14(9-28)26-6-4-25(5-7-26)13-3-2-11(18)8-12(13)19/h2-3,8-9,14H,4-7H2,1H3. The van der Waals surface area contributed by atoms with Crippen molar-refractivity contribution in [1.82, 2.24) is 14.7 Å². The summed E-state index contributed by atoms with van der Waals surface area (Å²) >= 11 is 18.0. The van der Waals surface area contributed by atoms with Crippen LogP contribution in [0.3, 0.4) is 0 Å². The molecule has 0 saturated carbocycles. The SMILES string of the molecule is Cc1c(Cl)c(C(F)(F)F)nn1C(C=O)N1CCN(c2ccc(Cl)cc2Cl)CC1. The van der Waals surface area contributed by atoms with Crippen molar-refractivity contribution in [3.05, 3.63) is 44.7 Å². The molecule has 1 aliphatic rings. The summed E-state index contributed by atoms with van der Waals surface area (Å²) in [5, 5.41) is 4.11. The zero-order valence-corrected chi connectivity index (χ0v) is 16.9. The van der Waals surface area contributed by atoms with E-state index in [1.54, 1.807) is 17.0 Å². The van der Waals surface area contributed by atoms with Gasteiger partial charge in [-0.15, -0.1) is 0 Å². The first kappa shape index (κ1) is 21.2. The molecular formula is C17H16Cl3F3N4O. The lowest BCUT2D eigenvalue weighted by atomic mass is 10.2. The van der Waals surface area contributed by atoms with E-state index in [2.05, 4.69) is 5.10 Å². The van der Waals surface area contributed by atoms with Gasteiger partial charge in [0.1, 0.15) is 0 Å². The summed E-state index contributed by atoms with van der Waals surface area (Å²) in [5.74, 6) is 0. The minimum atomic E-state index is -4.69. The van der Waals surface area contributed by atoms with E-state index < -0.39 is 23.1 Å². The number of aldehydes is 1. The maximum atomic E-state index is 13.1. The van der Waals surface area contributed by atoms with Gasteiger partial charge < -0.3 is 4.90 Å². The Balaban J connectivity index is 1.78. The van der Waals surface area contributed by atoms with Crippen LogP contribution in [-0.4, -0.2) is 47.1 Å². The number of benzene rings is 1. The molecule has 1 saturated heterocycles. The third-order valence-corrected chi connectivity index (χ3v) is 5.65. The highest BCUT2D eigenvalue weighted by Gasteiger charge is 2.39. The Hall–Kier alpha value is -1.48. The second-order valence-corrected chi connectivity index (χ2v) is 7.58. The van der Waals surface area contributed by atoms with Gasteiger partial charge in [-0.1, -0.05) is 34.8 Å². The number of nitrogens with zero attached hydrogens (tertiary/aromatic N) is 4. The fraction of sp³-hybridized carbons (Fsp3) is 0.412. The van der Waals surface area contributed by atoms with E-state index in [1.165, 1.54) is 6.92 Å². The quantitative estimate of drug-likeness (QED) is 0.627. The summed E-state index contributed by atoms with van der Waals surface area (Å²) in [7, 11) is 0. The van der Waals surface area contributed by atoms with Crippen molar-refractivity contribution in [2.24, 2.45) is 0 Å². The van der Waals surface area contributed by atoms with Crippen LogP contribution in [0.1, 0.15) is 17.6 Å². The van der Waals surface area contributed by atoms with Gasteiger partial charge >= 0.3 is 6.18 Å². The van der Waals surface area contributed by atoms with Crippen LogP contribution >= 0.6 is 34.8 Å². The lowest BCUT2D eigenvalue weighted by Crippen LogP contribution is -2.49. The molecule has 0 spiro atoms. The maximum absolute atomic E-state index is 13.1. The number of piperazine rings is 1. The second kappa shape index (κ2) is 8.10. The van der Waals surface area contributed by atoms with Crippen LogP contribution < -0.4 is 4.90 Å². The highest BCUT2D eigenvalue weighted by Crippen LogP contribution is 2.36. The van der Waals surface area contributed by atoms with Gasteiger partial charge in [0.05, 0.1) is 21.4 Å². The van der Waals surface area contributed by atoms with Gasteiger partial charge in [-0.25, -0.2) is 4.68 Å². The Labute approximate surface area is 174 Å². The Morgan fingerprint density at radius 3 is 2.29 bits per heavy atom. The molecular weight excluding hydrogens is 440 g/mol.